The Morgan fingerprint density at radius 2 is 1.64 bits per heavy atom. The van der Waals surface area contributed by atoms with E-state index >= 15 is 0 Å². The number of nitrogens with one attached hydrogen (secondary N) is 1. The molecule has 0 spiro atoms. The van der Waals surface area contributed by atoms with Crippen LogP contribution in [0.25, 0.3) is 22.4 Å². The second-order valence-electron chi connectivity index (χ2n) is 6.47. The summed E-state index contributed by atoms with van der Waals surface area (Å²) in [5.41, 5.74) is 3.63. The van der Waals surface area contributed by atoms with Crippen molar-refractivity contribution in [3.8, 4) is 11.4 Å². The van der Waals surface area contributed by atoms with Crippen molar-refractivity contribution in [2.75, 3.05) is 5.32 Å². The van der Waals surface area contributed by atoms with Gasteiger partial charge in [-0.2, -0.15) is 8.78 Å². The Kier molecular flexibility index (Phi) is 4.61. The first kappa shape index (κ1) is 17.9. The van der Waals surface area contributed by atoms with Crippen molar-refractivity contribution in [3.05, 3.63) is 83.9 Å². The lowest BCUT2D eigenvalue weighted by Crippen LogP contribution is -2.11. The van der Waals surface area contributed by atoms with E-state index in [0.29, 0.717) is 27.8 Å². The number of carbonyl (C=O) groups is 1. The minimum Gasteiger partial charge on any atom is -0.322 e. The zero-order chi connectivity index (χ0) is 19.7. The predicted molar refractivity (Wildman–Crippen MR) is 106 cm³/mol. The van der Waals surface area contributed by atoms with Crippen LogP contribution in [0, 0.1) is 6.92 Å². The van der Waals surface area contributed by atoms with Crippen molar-refractivity contribution in [2.24, 2.45) is 0 Å². The summed E-state index contributed by atoms with van der Waals surface area (Å²) in [5, 5.41) is 2.81. The van der Waals surface area contributed by atoms with Crippen LogP contribution in [-0.4, -0.2) is 15.5 Å². The van der Waals surface area contributed by atoms with E-state index in [2.05, 4.69) is 10.3 Å². The van der Waals surface area contributed by atoms with Gasteiger partial charge in [0, 0.05) is 16.8 Å². The Bertz CT molecular complexity index is 1130. The van der Waals surface area contributed by atoms with E-state index in [9.17, 15) is 13.6 Å². The molecule has 0 saturated carbocycles. The molecule has 0 radical (unpaired) electrons. The molecule has 1 amide bonds. The maximum atomic E-state index is 13.6. The average molecular weight is 377 g/mol. The largest absolute Gasteiger partial charge is 0.322 e. The lowest BCUT2D eigenvalue weighted by Gasteiger charge is -2.09. The number of anilines is 1. The van der Waals surface area contributed by atoms with Crippen LogP contribution in [0.5, 0.6) is 0 Å². The molecule has 6 heteroatoms. The SMILES string of the molecule is Cc1ccc(C(=O)Nc2ccc(-c3nc4ccccc4n3C(F)F)cc2)cc1. The van der Waals surface area contributed by atoms with Gasteiger partial charge in [-0.15, -0.1) is 0 Å². The summed E-state index contributed by atoms with van der Waals surface area (Å²) in [6, 6.07) is 20.7. The zero-order valence-corrected chi connectivity index (χ0v) is 15.1. The molecule has 1 aromatic heterocycles. The molecule has 4 rings (SSSR count). The molecule has 3 aromatic carbocycles. The Hall–Kier alpha value is -3.54. The molecule has 0 aliphatic carbocycles. The van der Waals surface area contributed by atoms with Crippen LogP contribution in [0.2, 0.25) is 0 Å². The van der Waals surface area contributed by atoms with Gasteiger partial charge in [-0.25, -0.2) is 4.98 Å². The molecular weight excluding hydrogens is 360 g/mol. The molecule has 4 aromatic rings. The topological polar surface area (TPSA) is 46.9 Å². The predicted octanol–water partition coefficient (Wildman–Crippen LogP) is 5.66. The molecule has 0 aliphatic heterocycles. The number of aryl methyl sites for hydroxylation is 1. The maximum absolute atomic E-state index is 13.6. The van der Waals surface area contributed by atoms with E-state index in [1.54, 1.807) is 60.7 Å². The standard InChI is InChI=1S/C22H17F2N3O/c1-14-6-8-16(9-7-14)21(28)25-17-12-10-15(11-13-17)20-26-18-4-2-3-5-19(18)27(20)22(23)24/h2-13,22H,1H3,(H,25,28). The van der Waals surface area contributed by atoms with Gasteiger partial charge in [0.1, 0.15) is 5.82 Å². The number of nitrogens with zero attached hydrogens (tertiary/aromatic N) is 2. The number of rotatable bonds is 4. The molecule has 1 N–H and O–H groups in total. The number of para-hydroxylation sites is 2. The number of alkyl halides is 2. The Morgan fingerprint density at radius 3 is 2.32 bits per heavy atom. The molecule has 0 bridgehead atoms. The van der Waals surface area contributed by atoms with E-state index < -0.39 is 6.55 Å². The van der Waals surface area contributed by atoms with Crippen LogP contribution >= 0.6 is 0 Å². The molecule has 0 saturated heterocycles. The van der Waals surface area contributed by atoms with E-state index in [0.717, 1.165) is 10.1 Å². The molecule has 0 aliphatic rings. The molecule has 4 nitrogen and oxygen atoms in total. The van der Waals surface area contributed by atoms with E-state index in [-0.39, 0.29) is 11.7 Å². The number of benzene rings is 3. The van der Waals surface area contributed by atoms with Gasteiger partial charge in [0.2, 0.25) is 0 Å². The monoisotopic (exact) mass is 377 g/mol. The maximum Gasteiger partial charge on any atom is 0.320 e. The van der Waals surface area contributed by atoms with Crippen molar-refractivity contribution in [3.63, 3.8) is 0 Å². The van der Waals surface area contributed by atoms with Gasteiger partial charge in [-0.1, -0.05) is 29.8 Å². The molecule has 0 atom stereocenters. The third-order valence-corrected chi connectivity index (χ3v) is 4.51. The van der Waals surface area contributed by atoms with Gasteiger partial charge in [0.05, 0.1) is 11.0 Å². The van der Waals surface area contributed by atoms with Crippen molar-refractivity contribution in [2.45, 2.75) is 13.5 Å². The highest BCUT2D eigenvalue weighted by Gasteiger charge is 2.18. The van der Waals surface area contributed by atoms with Crippen LogP contribution in [0.3, 0.4) is 0 Å². The summed E-state index contributed by atoms with van der Waals surface area (Å²) in [5.74, 6) is -0.0415. The highest BCUT2D eigenvalue weighted by molar-refractivity contribution is 6.04. The van der Waals surface area contributed by atoms with Crippen LogP contribution in [0.4, 0.5) is 14.5 Å². The van der Waals surface area contributed by atoms with Gasteiger partial charge in [0.25, 0.3) is 5.91 Å². The minimum absolute atomic E-state index is 0.188. The fourth-order valence-corrected chi connectivity index (χ4v) is 3.06. The Labute approximate surface area is 160 Å². The van der Waals surface area contributed by atoms with E-state index in [1.165, 1.54) is 0 Å². The number of halogens is 2. The lowest BCUT2D eigenvalue weighted by molar-refractivity contribution is 0.0764. The van der Waals surface area contributed by atoms with E-state index in [4.69, 9.17) is 0 Å². The summed E-state index contributed by atoms with van der Waals surface area (Å²) >= 11 is 0. The highest BCUT2D eigenvalue weighted by atomic mass is 19.3. The summed E-state index contributed by atoms with van der Waals surface area (Å²) < 4.78 is 28.1. The van der Waals surface area contributed by atoms with Gasteiger partial charge >= 0.3 is 6.55 Å². The smallest absolute Gasteiger partial charge is 0.320 e. The summed E-state index contributed by atoms with van der Waals surface area (Å²) in [4.78, 5) is 16.7. The number of aromatic nitrogens is 2. The van der Waals surface area contributed by atoms with Crippen molar-refractivity contribution >= 4 is 22.6 Å². The van der Waals surface area contributed by atoms with Gasteiger partial charge in [-0.3, -0.25) is 9.36 Å². The number of carbonyl (C=O) groups excluding carboxylic acids is 1. The third kappa shape index (κ3) is 3.36. The van der Waals surface area contributed by atoms with Gasteiger partial charge in [-0.05, 0) is 55.5 Å². The van der Waals surface area contributed by atoms with Crippen LogP contribution < -0.4 is 5.32 Å². The number of imidazole rings is 1. The summed E-state index contributed by atoms with van der Waals surface area (Å²) in [7, 11) is 0. The molecule has 140 valence electrons. The second-order valence-corrected chi connectivity index (χ2v) is 6.47. The zero-order valence-electron chi connectivity index (χ0n) is 15.1. The van der Waals surface area contributed by atoms with Crippen LogP contribution in [0.15, 0.2) is 72.8 Å². The highest BCUT2D eigenvalue weighted by Crippen LogP contribution is 2.30. The number of amides is 1. The first-order chi connectivity index (χ1) is 13.5. The van der Waals surface area contributed by atoms with Crippen LogP contribution in [0.1, 0.15) is 22.5 Å². The second kappa shape index (κ2) is 7.23. The van der Waals surface area contributed by atoms with Crippen LogP contribution in [-0.2, 0) is 0 Å². The van der Waals surface area contributed by atoms with Crippen molar-refractivity contribution in [1.29, 1.82) is 0 Å². The fraction of sp³-hybridized carbons (Fsp3) is 0.0909. The summed E-state index contributed by atoms with van der Waals surface area (Å²) in [6.45, 7) is -0.754. The first-order valence-electron chi connectivity index (χ1n) is 8.76. The lowest BCUT2D eigenvalue weighted by atomic mass is 10.1. The Balaban J connectivity index is 1.62. The molecule has 0 fully saturated rings. The number of hydrogen-bond donors (Lipinski definition) is 1. The van der Waals surface area contributed by atoms with Crippen molar-refractivity contribution in [1.82, 2.24) is 9.55 Å². The van der Waals surface area contributed by atoms with Crippen molar-refractivity contribution < 1.29 is 13.6 Å². The fourth-order valence-electron chi connectivity index (χ4n) is 3.06. The normalized spacial score (nSPS) is 11.1. The number of hydrogen-bond acceptors (Lipinski definition) is 2. The summed E-state index contributed by atoms with van der Waals surface area (Å²) in [6.07, 6.45) is 0. The molecular formula is C22H17F2N3O. The molecule has 1 heterocycles. The Morgan fingerprint density at radius 1 is 0.964 bits per heavy atom. The molecule has 0 unspecified atom stereocenters. The first-order valence-corrected chi connectivity index (χ1v) is 8.76. The average Bonchev–Trinajstić information content (AvgIpc) is 3.09. The van der Waals surface area contributed by atoms with Gasteiger partial charge in [0.15, 0.2) is 0 Å². The number of fused-ring (bicyclic) bond motifs is 1. The van der Waals surface area contributed by atoms with Gasteiger partial charge < -0.3 is 5.32 Å². The quantitative estimate of drug-likeness (QED) is 0.499. The minimum atomic E-state index is -2.71. The third-order valence-electron chi connectivity index (χ3n) is 4.51. The molecule has 28 heavy (non-hydrogen) atoms. The van der Waals surface area contributed by atoms with E-state index in [1.807, 2.05) is 19.1 Å².